The lowest BCUT2D eigenvalue weighted by Crippen LogP contribution is -2.00. The van der Waals surface area contributed by atoms with Crippen LogP contribution in [0.5, 0.6) is 5.75 Å². The molecule has 0 atom stereocenters. The molecule has 1 heterocycles. The number of carboxylic acid groups (broad SMARTS) is 1. The Balaban J connectivity index is 1.83. The molecule has 3 aromatic rings. The van der Waals surface area contributed by atoms with E-state index in [2.05, 4.69) is 15.2 Å². The molecule has 8 heteroatoms. The molecule has 0 bridgehead atoms. The third kappa shape index (κ3) is 5.12. The fourth-order valence-corrected chi connectivity index (χ4v) is 3.18. The molecule has 0 aliphatic heterocycles. The number of nitrogens with one attached hydrogen (secondary N) is 1. The summed E-state index contributed by atoms with van der Waals surface area (Å²) in [4.78, 5) is 15.9. The zero-order valence-corrected chi connectivity index (χ0v) is 15.9. The normalized spacial score (nSPS) is 11.4. The molecule has 2 N–H and O–H groups in total. The molecule has 2 aromatic carbocycles. The van der Waals surface area contributed by atoms with Gasteiger partial charge >= 0.3 is 5.97 Å². The molecule has 0 saturated carbocycles. The predicted octanol–water partition coefficient (Wildman–Crippen LogP) is 4.56. The summed E-state index contributed by atoms with van der Waals surface area (Å²) in [6.07, 6.45) is 1.54. The highest BCUT2D eigenvalue weighted by Gasteiger charge is 2.14. The number of carboxylic acids is 1. The zero-order valence-electron chi connectivity index (χ0n) is 14.3. The van der Waals surface area contributed by atoms with E-state index in [1.54, 1.807) is 31.2 Å². The van der Waals surface area contributed by atoms with Gasteiger partial charge < -0.3 is 9.84 Å². The van der Waals surface area contributed by atoms with Crippen molar-refractivity contribution in [3.05, 3.63) is 75.4 Å². The van der Waals surface area contributed by atoms with Crippen LogP contribution in [0.3, 0.4) is 0 Å². The van der Waals surface area contributed by atoms with Gasteiger partial charge in [0, 0.05) is 16.1 Å². The number of ether oxygens (including phenoxy) is 1. The summed E-state index contributed by atoms with van der Waals surface area (Å²) in [6, 6.07) is 14.6. The minimum Gasteiger partial charge on any atom is -0.488 e. The lowest BCUT2D eigenvalue weighted by molar-refractivity contribution is -0.131. The van der Waals surface area contributed by atoms with Crippen LogP contribution in [0.15, 0.2) is 58.6 Å². The van der Waals surface area contributed by atoms with Gasteiger partial charge in [0.1, 0.15) is 23.1 Å². The Morgan fingerprint density at radius 1 is 1.26 bits per heavy atom. The molecule has 6 nitrogen and oxygen atoms in total. The van der Waals surface area contributed by atoms with Crippen LogP contribution < -0.4 is 4.74 Å². The second-order valence-corrected chi connectivity index (χ2v) is 6.95. The largest absolute Gasteiger partial charge is 0.488 e. The van der Waals surface area contributed by atoms with Crippen molar-refractivity contribution >= 4 is 35.4 Å². The van der Waals surface area contributed by atoms with Crippen LogP contribution in [-0.4, -0.2) is 26.3 Å². The fraction of sp³-hybridized carbons (Fsp3) is 0.105. The van der Waals surface area contributed by atoms with Gasteiger partial charge in [-0.25, -0.2) is 9.78 Å². The van der Waals surface area contributed by atoms with Crippen molar-refractivity contribution in [2.75, 3.05) is 0 Å². The van der Waals surface area contributed by atoms with Gasteiger partial charge in [-0.05, 0) is 36.9 Å². The first-order valence-electron chi connectivity index (χ1n) is 8.00. The minimum atomic E-state index is -1.07. The zero-order chi connectivity index (χ0) is 19.2. The third-order valence-electron chi connectivity index (χ3n) is 3.54. The van der Waals surface area contributed by atoms with Crippen LogP contribution in [0, 0.1) is 6.92 Å². The van der Waals surface area contributed by atoms with Gasteiger partial charge in [0.25, 0.3) is 0 Å². The predicted molar refractivity (Wildman–Crippen MR) is 105 cm³/mol. The van der Waals surface area contributed by atoms with Gasteiger partial charge in [-0.3, -0.25) is 5.10 Å². The maximum atomic E-state index is 11.6. The molecule has 0 unspecified atom stereocenters. The summed E-state index contributed by atoms with van der Waals surface area (Å²) in [7, 11) is 0. The van der Waals surface area contributed by atoms with Crippen LogP contribution in [-0.2, 0) is 11.4 Å². The van der Waals surface area contributed by atoms with E-state index in [9.17, 15) is 9.90 Å². The summed E-state index contributed by atoms with van der Waals surface area (Å²) < 4.78 is 5.87. The number of hydrogen-bond donors (Lipinski definition) is 2. The minimum absolute atomic E-state index is 0.0859. The van der Waals surface area contributed by atoms with Crippen molar-refractivity contribution in [3.63, 3.8) is 0 Å². The summed E-state index contributed by atoms with van der Waals surface area (Å²) in [5.41, 5.74) is 1.49. The summed E-state index contributed by atoms with van der Waals surface area (Å²) in [5, 5.41) is 17.1. The number of aromatic nitrogens is 3. The highest BCUT2D eigenvalue weighted by Crippen LogP contribution is 2.29. The molecular weight excluding hydrogens is 386 g/mol. The topological polar surface area (TPSA) is 88.1 Å². The Morgan fingerprint density at radius 2 is 2.00 bits per heavy atom. The number of benzene rings is 2. The Morgan fingerprint density at radius 3 is 2.70 bits per heavy atom. The van der Waals surface area contributed by atoms with E-state index in [-0.39, 0.29) is 11.5 Å². The highest BCUT2D eigenvalue weighted by atomic mass is 35.5. The standard InChI is InChI=1S/C19H16ClN3O3S/c1-12-21-19(23-22-12)27-17(18(24)25)10-13-6-3-5-9-16(13)26-11-14-7-2-4-8-15(14)20/h2-10H,11H2,1H3,(H,24,25)(H,21,22,23)/b17-10+. The van der Waals surface area contributed by atoms with Crippen LogP contribution in [0.4, 0.5) is 0 Å². The van der Waals surface area contributed by atoms with Crippen LogP contribution in [0.1, 0.15) is 17.0 Å². The van der Waals surface area contributed by atoms with Gasteiger partial charge in [-0.2, -0.15) is 0 Å². The molecular formula is C19H16ClN3O3S. The lowest BCUT2D eigenvalue weighted by atomic mass is 10.2. The number of halogens is 1. The van der Waals surface area contributed by atoms with Crippen molar-refractivity contribution in [2.45, 2.75) is 18.7 Å². The lowest BCUT2D eigenvalue weighted by Gasteiger charge is -2.11. The fourth-order valence-electron chi connectivity index (χ4n) is 2.24. The monoisotopic (exact) mass is 401 g/mol. The number of aliphatic carboxylic acids is 1. The van der Waals surface area contributed by atoms with Gasteiger partial charge in [-0.1, -0.05) is 48.0 Å². The smallest absolute Gasteiger partial charge is 0.342 e. The van der Waals surface area contributed by atoms with Crippen molar-refractivity contribution in [1.29, 1.82) is 0 Å². The number of carbonyl (C=O) groups is 1. The van der Waals surface area contributed by atoms with Crippen LogP contribution in [0.2, 0.25) is 5.02 Å². The summed E-state index contributed by atoms with van der Waals surface area (Å²) in [6.45, 7) is 2.03. The van der Waals surface area contributed by atoms with Crippen LogP contribution >= 0.6 is 23.4 Å². The van der Waals surface area contributed by atoms with Crippen molar-refractivity contribution < 1.29 is 14.6 Å². The number of nitrogens with zero attached hydrogens (tertiary/aromatic N) is 2. The SMILES string of the molecule is Cc1nc(S/C(=C/c2ccccc2OCc2ccccc2Cl)C(=O)O)n[nH]1. The van der Waals surface area contributed by atoms with E-state index >= 15 is 0 Å². The maximum absolute atomic E-state index is 11.6. The second kappa shape index (κ2) is 8.75. The first-order chi connectivity index (χ1) is 13.0. The molecule has 0 spiro atoms. The quantitative estimate of drug-likeness (QED) is 0.445. The van der Waals surface area contributed by atoms with E-state index in [1.807, 2.05) is 30.3 Å². The van der Waals surface area contributed by atoms with Crippen molar-refractivity contribution in [2.24, 2.45) is 0 Å². The molecule has 1 aromatic heterocycles. The second-order valence-electron chi connectivity index (χ2n) is 5.54. The molecule has 138 valence electrons. The number of aromatic amines is 1. The molecule has 27 heavy (non-hydrogen) atoms. The molecule has 0 aliphatic rings. The number of aryl methyl sites for hydroxylation is 1. The molecule has 0 amide bonds. The summed E-state index contributed by atoms with van der Waals surface area (Å²) >= 11 is 7.13. The molecule has 0 saturated heterocycles. The number of thioether (sulfide) groups is 1. The molecule has 0 radical (unpaired) electrons. The first kappa shape index (κ1) is 19.0. The van der Waals surface area contributed by atoms with Gasteiger partial charge in [0.05, 0.1) is 0 Å². The average molecular weight is 402 g/mol. The average Bonchev–Trinajstić information content (AvgIpc) is 3.06. The Labute approximate surface area is 165 Å². The summed E-state index contributed by atoms with van der Waals surface area (Å²) in [5.74, 6) is 0.108. The Kier molecular flexibility index (Phi) is 6.16. The van der Waals surface area contributed by atoms with Gasteiger partial charge in [0.2, 0.25) is 5.16 Å². The highest BCUT2D eigenvalue weighted by molar-refractivity contribution is 8.04. The molecule has 0 fully saturated rings. The van der Waals surface area contributed by atoms with Crippen molar-refractivity contribution in [1.82, 2.24) is 15.2 Å². The number of hydrogen-bond acceptors (Lipinski definition) is 5. The Bertz CT molecular complexity index is 988. The van der Waals surface area contributed by atoms with Gasteiger partial charge in [0.15, 0.2) is 0 Å². The third-order valence-corrected chi connectivity index (χ3v) is 4.78. The number of H-pyrrole nitrogens is 1. The maximum Gasteiger partial charge on any atom is 0.342 e. The van der Waals surface area contributed by atoms with Crippen molar-refractivity contribution in [3.8, 4) is 5.75 Å². The first-order valence-corrected chi connectivity index (χ1v) is 9.19. The van der Waals surface area contributed by atoms with Crippen LogP contribution in [0.25, 0.3) is 6.08 Å². The van der Waals surface area contributed by atoms with E-state index in [1.165, 1.54) is 0 Å². The Hall–Kier alpha value is -2.77. The van der Waals surface area contributed by atoms with Gasteiger partial charge in [-0.15, -0.1) is 5.10 Å². The van der Waals surface area contributed by atoms with E-state index < -0.39 is 5.97 Å². The molecule has 3 rings (SSSR count). The number of para-hydroxylation sites is 1. The molecule has 0 aliphatic carbocycles. The van der Waals surface area contributed by atoms with E-state index in [0.717, 1.165) is 17.3 Å². The van der Waals surface area contributed by atoms with E-state index in [0.29, 0.717) is 27.3 Å². The number of rotatable bonds is 7. The van der Waals surface area contributed by atoms with E-state index in [4.69, 9.17) is 16.3 Å².